The van der Waals surface area contributed by atoms with Gasteiger partial charge in [0.05, 0.1) is 23.9 Å². The molecule has 0 aliphatic carbocycles. The summed E-state index contributed by atoms with van der Waals surface area (Å²) in [7, 11) is -2.26. The molecule has 96 valence electrons. The average Bonchev–Trinajstić information content (AvgIpc) is 2.81. The highest BCUT2D eigenvalue weighted by Gasteiger charge is 2.16. The second-order valence-corrected chi connectivity index (χ2v) is 5.10. The smallest absolute Gasteiger partial charge is 0.262 e. The molecule has 7 nitrogen and oxygen atoms in total. The lowest BCUT2D eigenvalue weighted by molar-refractivity contribution is 0.416. The minimum Gasteiger partial charge on any atom is -0.495 e. The third-order valence-electron chi connectivity index (χ3n) is 2.20. The lowest BCUT2D eigenvalue weighted by Gasteiger charge is -2.08. The standard InChI is InChI=1S/C10H11N3O4S/c1-16-10-3-2-8(4-9(10)11)18(14,15)13-7-5-12-17-6-7/h2-6,13H,11H2,1H3. The van der Waals surface area contributed by atoms with Gasteiger partial charge in [-0.25, -0.2) is 8.42 Å². The maximum absolute atomic E-state index is 12.0. The van der Waals surface area contributed by atoms with E-state index >= 15 is 0 Å². The quantitative estimate of drug-likeness (QED) is 0.804. The predicted molar refractivity (Wildman–Crippen MR) is 64.7 cm³/mol. The number of methoxy groups -OCH3 is 1. The number of aromatic nitrogens is 1. The van der Waals surface area contributed by atoms with E-state index in [1.54, 1.807) is 0 Å². The first-order chi connectivity index (χ1) is 8.53. The van der Waals surface area contributed by atoms with Crippen LogP contribution in [0.2, 0.25) is 0 Å². The van der Waals surface area contributed by atoms with Gasteiger partial charge in [-0.15, -0.1) is 0 Å². The number of hydrogen-bond acceptors (Lipinski definition) is 6. The normalized spacial score (nSPS) is 11.2. The van der Waals surface area contributed by atoms with Crippen molar-refractivity contribution in [2.24, 2.45) is 0 Å². The molecule has 2 aromatic rings. The van der Waals surface area contributed by atoms with E-state index in [0.717, 1.165) is 0 Å². The third-order valence-corrected chi connectivity index (χ3v) is 3.57. The van der Waals surface area contributed by atoms with Crippen molar-refractivity contribution in [2.45, 2.75) is 4.90 Å². The monoisotopic (exact) mass is 269 g/mol. The maximum Gasteiger partial charge on any atom is 0.262 e. The van der Waals surface area contributed by atoms with Gasteiger partial charge < -0.3 is 15.0 Å². The fourth-order valence-electron chi connectivity index (χ4n) is 1.35. The van der Waals surface area contributed by atoms with Gasteiger partial charge in [-0.05, 0) is 18.2 Å². The second-order valence-electron chi connectivity index (χ2n) is 3.42. The van der Waals surface area contributed by atoms with Crippen LogP contribution in [0.25, 0.3) is 0 Å². The van der Waals surface area contributed by atoms with Crippen LogP contribution < -0.4 is 15.2 Å². The zero-order valence-electron chi connectivity index (χ0n) is 9.45. The summed E-state index contributed by atoms with van der Waals surface area (Å²) in [5, 5.41) is 3.40. The average molecular weight is 269 g/mol. The van der Waals surface area contributed by atoms with Crippen LogP contribution >= 0.6 is 0 Å². The zero-order chi connectivity index (χ0) is 13.2. The number of ether oxygens (including phenoxy) is 1. The highest BCUT2D eigenvalue weighted by Crippen LogP contribution is 2.25. The molecule has 1 aromatic heterocycles. The van der Waals surface area contributed by atoms with Gasteiger partial charge in [-0.1, -0.05) is 5.16 Å². The highest BCUT2D eigenvalue weighted by molar-refractivity contribution is 7.92. The van der Waals surface area contributed by atoms with Crippen molar-refractivity contribution < 1.29 is 17.7 Å². The molecule has 0 aliphatic rings. The second kappa shape index (κ2) is 4.57. The van der Waals surface area contributed by atoms with Crippen LogP contribution in [0.15, 0.2) is 40.1 Å². The van der Waals surface area contributed by atoms with E-state index in [0.29, 0.717) is 5.75 Å². The predicted octanol–water partition coefficient (Wildman–Crippen LogP) is 1.07. The summed E-state index contributed by atoms with van der Waals surface area (Å²) in [6.45, 7) is 0. The first kappa shape index (κ1) is 12.2. The minimum absolute atomic E-state index is 0.0296. The Bertz CT molecular complexity index is 637. The summed E-state index contributed by atoms with van der Waals surface area (Å²) in [5.74, 6) is 0.416. The van der Waals surface area contributed by atoms with Gasteiger partial charge in [0.2, 0.25) is 0 Å². The van der Waals surface area contributed by atoms with Crippen LogP contribution in [0, 0.1) is 0 Å². The Kier molecular flexibility index (Phi) is 3.11. The molecule has 0 radical (unpaired) electrons. The Balaban J connectivity index is 2.33. The first-order valence-corrected chi connectivity index (χ1v) is 6.37. The van der Waals surface area contributed by atoms with E-state index in [2.05, 4.69) is 14.4 Å². The van der Waals surface area contributed by atoms with Gasteiger partial charge in [0, 0.05) is 0 Å². The van der Waals surface area contributed by atoms with Crippen molar-refractivity contribution in [3.05, 3.63) is 30.7 Å². The van der Waals surface area contributed by atoms with Crippen molar-refractivity contribution in [3.63, 3.8) is 0 Å². The Labute approximate surface area is 104 Å². The summed E-state index contributed by atoms with van der Waals surface area (Å²) in [6.07, 6.45) is 2.44. The number of hydrogen-bond donors (Lipinski definition) is 2. The van der Waals surface area contributed by atoms with Gasteiger partial charge in [-0.2, -0.15) is 0 Å². The molecule has 8 heteroatoms. The molecule has 0 unspecified atom stereocenters. The molecule has 3 N–H and O–H groups in total. The first-order valence-electron chi connectivity index (χ1n) is 4.88. The largest absolute Gasteiger partial charge is 0.495 e. The Morgan fingerprint density at radius 1 is 1.44 bits per heavy atom. The molecular weight excluding hydrogens is 258 g/mol. The Morgan fingerprint density at radius 3 is 2.78 bits per heavy atom. The van der Waals surface area contributed by atoms with Crippen LogP contribution in [-0.4, -0.2) is 20.7 Å². The molecule has 18 heavy (non-hydrogen) atoms. The molecular formula is C10H11N3O4S. The Hall–Kier alpha value is -2.22. The lowest BCUT2D eigenvalue weighted by Crippen LogP contribution is -2.12. The fourth-order valence-corrected chi connectivity index (χ4v) is 2.41. The fraction of sp³-hybridized carbons (Fsp3) is 0.100. The van der Waals surface area contributed by atoms with Crippen LogP contribution in [0.3, 0.4) is 0 Å². The van der Waals surface area contributed by atoms with E-state index in [4.69, 9.17) is 10.5 Å². The topological polar surface area (TPSA) is 107 Å². The van der Waals surface area contributed by atoms with Crippen molar-refractivity contribution in [1.29, 1.82) is 0 Å². The van der Waals surface area contributed by atoms with Crippen LogP contribution in [0.1, 0.15) is 0 Å². The number of rotatable bonds is 4. The molecule has 0 saturated heterocycles. The molecule has 0 fully saturated rings. The van der Waals surface area contributed by atoms with E-state index in [1.807, 2.05) is 0 Å². The van der Waals surface area contributed by atoms with Crippen LogP contribution in [-0.2, 0) is 10.0 Å². The number of nitrogens with two attached hydrogens (primary N) is 1. The molecule has 0 amide bonds. The summed E-state index contributed by atoms with van der Waals surface area (Å²) < 4.78 is 35.7. The number of nitrogens with zero attached hydrogens (tertiary/aromatic N) is 1. The molecule has 0 bridgehead atoms. The van der Waals surface area contributed by atoms with Crippen LogP contribution in [0.4, 0.5) is 11.4 Å². The summed E-state index contributed by atoms with van der Waals surface area (Å²) in [4.78, 5) is 0.0296. The minimum atomic E-state index is -3.72. The maximum atomic E-state index is 12.0. The van der Waals surface area contributed by atoms with Gasteiger partial charge in [0.25, 0.3) is 10.0 Å². The SMILES string of the molecule is COc1ccc(S(=O)(=O)Nc2cnoc2)cc1N. The van der Waals surface area contributed by atoms with E-state index in [9.17, 15) is 8.42 Å². The molecule has 0 atom stereocenters. The highest BCUT2D eigenvalue weighted by atomic mass is 32.2. The van der Waals surface area contributed by atoms with E-state index < -0.39 is 10.0 Å². The molecule has 0 aliphatic heterocycles. The molecule has 0 saturated carbocycles. The third kappa shape index (κ3) is 2.38. The molecule has 0 spiro atoms. The zero-order valence-corrected chi connectivity index (χ0v) is 10.3. The number of nitrogen functional groups attached to an aromatic ring is 1. The Morgan fingerprint density at radius 2 is 2.22 bits per heavy atom. The number of sulfonamides is 1. The van der Waals surface area contributed by atoms with Gasteiger partial charge in [-0.3, -0.25) is 4.72 Å². The van der Waals surface area contributed by atoms with E-state index in [-0.39, 0.29) is 16.3 Å². The summed E-state index contributed by atoms with van der Waals surface area (Å²) in [6, 6.07) is 4.19. The van der Waals surface area contributed by atoms with Gasteiger partial charge >= 0.3 is 0 Å². The number of nitrogens with one attached hydrogen (secondary N) is 1. The summed E-state index contributed by atoms with van der Waals surface area (Å²) in [5.41, 5.74) is 6.14. The molecule has 2 rings (SSSR count). The van der Waals surface area contributed by atoms with Crippen molar-refractivity contribution in [2.75, 3.05) is 17.6 Å². The van der Waals surface area contributed by atoms with Crippen LogP contribution in [0.5, 0.6) is 5.75 Å². The van der Waals surface area contributed by atoms with Gasteiger partial charge in [0.15, 0.2) is 0 Å². The van der Waals surface area contributed by atoms with E-state index in [1.165, 1.54) is 37.8 Å². The summed E-state index contributed by atoms with van der Waals surface area (Å²) >= 11 is 0. The lowest BCUT2D eigenvalue weighted by atomic mass is 10.3. The van der Waals surface area contributed by atoms with Gasteiger partial charge in [0.1, 0.15) is 17.7 Å². The van der Waals surface area contributed by atoms with Crippen molar-refractivity contribution in [3.8, 4) is 5.75 Å². The molecule has 1 heterocycles. The molecule has 1 aromatic carbocycles. The van der Waals surface area contributed by atoms with Crippen molar-refractivity contribution >= 4 is 21.4 Å². The van der Waals surface area contributed by atoms with Crippen molar-refractivity contribution in [1.82, 2.24) is 5.16 Å². The number of anilines is 2. The number of benzene rings is 1.